The molecule has 3 heteroatoms. The van der Waals surface area contributed by atoms with Crippen LogP contribution in [0.2, 0.25) is 0 Å². The highest BCUT2D eigenvalue weighted by molar-refractivity contribution is 5.83. The third kappa shape index (κ3) is 3.71. The van der Waals surface area contributed by atoms with E-state index in [0.717, 1.165) is 11.3 Å². The Hall–Kier alpha value is -2.55. The van der Waals surface area contributed by atoms with Gasteiger partial charge in [0.1, 0.15) is 11.5 Å². The van der Waals surface area contributed by atoms with Crippen LogP contribution in [0.1, 0.15) is 12.0 Å². The Morgan fingerprint density at radius 2 is 1.58 bits per heavy atom. The average Bonchev–Trinajstić information content (AvgIpc) is 2.40. The van der Waals surface area contributed by atoms with Crippen LogP contribution in [0.4, 0.5) is 0 Å². The number of ether oxygens (including phenoxy) is 1. The van der Waals surface area contributed by atoms with Crippen molar-refractivity contribution in [3.8, 4) is 11.5 Å². The summed E-state index contributed by atoms with van der Waals surface area (Å²) in [6, 6.07) is 16.7. The van der Waals surface area contributed by atoms with E-state index in [0.29, 0.717) is 11.3 Å². The molecule has 2 aromatic carbocycles. The Morgan fingerprint density at radius 3 is 2.16 bits per heavy atom. The largest absolute Gasteiger partial charge is 0.481 e. The molecule has 2 rings (SSSR count). The topological polar surface area (TPSA) is 46.5 Å². The molecule has 96 valence electrons. The molecule has 0 aliphatic carbocycles. The molecule has 0 spiro atoms. The molecule has 0 saturated heterocycles. The van der Waals surface area contributed by atoms with Gasteiger partial charge >= 0.3 is 5.97 Å². The number of benzene rings is 2. The van der Waals surface area contributed by atoms with Crippen LogP contribution in [0.5, 0.6) is 11.5 Å². The minimum atomic E-state index is -0.880. The molecule has 0 aromatic heterocycles. The molecular formula is C16H14O3. The lowest BCUT2D eigenvalue weighted by Crippen LogP contribution is -1.96. The van der Waals surface area contributed by atoms with Crippen LogP contribution in [-0.4, -0.2) is 11.1 Å². The van der Waals surface area contributed by atoms with E-state index in [-0.39, 0.29) is 6.42 Å². The molecule has 0 aliphatic rings. The molecule has 0 radical (unpaired) electrons. The van der Waals surface area contributed by atoms with E-state index in [1.807, 2.05) is 42.5 Å². The number of hydrogen-bond acceptors (Lipinski definition) is 2. The lowest BCUT2D eigenvalue weighted by Gasteiger charge is -2.07. The summed E-state index contributed by atoms with van der Waals surface area (Å²) in [5, 5.41) is 8.71. The fourth-order valence-corrected chi connectivity index (χ4v) is 1.67. The summed E-state index contributed by atoms with van der Waals surface area (Å²) in [5.41, 5.74) is 1.39. The fourth-order valence-electron chi connectivity index (χ4n) is 1.67. The molecule has 0 aliphatic heterocycles. The highest BCUT2D eigenvalue weighted by atomic mass is 16.5. The van der Waals surface area contributed by atoms with E-state index >= 15 is 0 Å². The second-order valence-corrected chi connectivity index (χ2v) is 4.11. The maximum atomic E-state index is 10.6. The van der Waals surface area contributed by atoms with Crippen LogP contribution in [0, 0.1) is 0 Å². The van der Waals surface area contributed by atoms with E-state index in [1.165, 1.54) is 0 Å². The van der Waals surface area contributed by atoms with Gasteiger partial charge in [-0.2, -0.15) is 0 Å². The number of aliphatic carboxylic acids is 1. The zero-order valence-electron chi connectivity index (χ0n) is 10.4. The summed E-state index contributed by atoms with van der Waals surface area (Å²) in [7, 11) is 0. The van der Waals surface area contributed by atoms with Crippen molar-refractivity contribution >= 4 is 11.5 Å². The van der Waals surface area contributed by atoms with E-state index < -0.39 is 5.97 Å². The lowest BCUT2D eigenvalue weighted by atomic mass is 10.0. The fraction of sp³-hybridized carbons (Fsp3) is 0.0625. The van der Waals surface area contributed by atoms with Gasteiger partial charge in [-0.3, -0.25) is 4.79 Å². The van der Waals surface area contributed by atoms with Crippen molar-refractivity contribution < 1.29 is 14.6 Å². The van der Waals surface area contributed by atoms with Crippen LogP contribution in [0.15, 0.2) is 61.2 Å². The third-order valence-corrected chi connectivity index (χ3v) is 2.61. The highest BCUT2D eigenvalue weighted by Gasteiger charge is 2.04. The standard InChI is InChI=1S/C16H14O3/c1-12(11-16(17)18)13-7-9-15(10-8-13)19-14-5-3-2-4-6-14/h2-10H,1,11H2,(H,17,18). The number of carbonyl (C=O) groups is 1. The SMILES string of the molecule is C=C(CC(=O)O)c1ccc(Oc2ccccc2)cc1. The van der Waals surface area contributed by atoms with Crippen molar-refractivity contribution in [2.75, 3.05) is 0 Å². The van der Waals surface area contributed by atoms with Crippen molar-refractivity contribution in [2.24, 2.45) is 0 Å². The second kappa shape index (κ2) is 5.87. The van der Waals surface area contributed by atoms with E-state index in [1.54, 1.807) is 12.1 Å². The van der Waals surface area contributed by atoms with Gasteiger partial charge in [-0.25, -0.2) is 0 Å². The minimum Gasteiger partial charge on any atom is -0.481 e. The Kier molecular flexibility index (Phi) is 3.98. The van der Waals surface area contributed by atoms with E-state index in [2.05, 4.69) is 6.58 Å². The molecule has 1 N–H and O–H groups in total. The van der Waals surface area contributed by atoms with Gasteiger partial charge in [0.05, 0.1) is 6.42 Å². The van der Waals surface area contributed by atoms with Gasteiger partial charge < -0.3 is 9.84 Å². The van der Waals surface area contributed by atoms with E-state index in [4.69, 9.17) is 9.84 Å². The van der Waals surface area contributed by atoms with Gasteiger partial charge in [0.15, 0.2) is 0 Å². The molecule has 0 unspecified atom stereocenters. The van der Waals surface area contributed by atoms with Crippen molar-refractivity contribution in [2.45, 2.75) is 6.42 Å². The van der Waals surface area contributed by atoms with Gasteiger partial charge in [0.2, 0.25) is 0 Å². The zero-order chi connectivity index (χ0) is 13.7. The van der Waals surface area contributed by atoms with Gasteiger partial charge in [-0.1, -0.05) is 36.9 Å². The Labute approximate surface area is 111 Å². The maximum Gasteiger partial charge on any atom is 0.307 e. The van der Waals surface area contributed by atoms with Crippen LogP contribution < -0.4 is 4.74 Å². The van der Waals surface area contributed by atoms with Crippen LogP contribution in [-0.2, 0) is 4.79 Å². The van der Waals surface area contributed by atoms with E-state index in [9.17, 15) is 4.79 Å². The van der Waals surface area contributed by atoms with Crippen molar-refractivity contribution in [1.82, 2.24) is 0 Å². The quantitative estimate of drug-likeness (QED) is 0.878. The first-order valence-electron chi connectivity index (χ1n) is 5.88. The maximum absolute atomic E-state index is 10.6. The Morgan fingerprint density at radius 1 is 1.00 bits per heavy atom. The zero-order valence-corrected chi connectivity index (χ0v) is 10.4. The lowest BCUT2D eigenvalue weighted by molar-refractivity contribution is -0.135. The van der Waals surface area contributed by atoms with Crippen LogP contribution in [0.3, 0.4) is 0 Å². The van der Waals surface area contributed by atoms with Gasteiger partial charge in [0, 0.05) is 0 Å². The summed E-state index contributed by atoms with van der Waals surface area (Å²) in [6.07, 6.45) is -0.0567. The minimum absolute atomic E-state index is 0.0567. The number of carboxylic acids is 1. The predicted octanol–water partition coefficient (Wildman–Crippen LogP) is 3.97. The molecule has 3 nitrogen and oxygen atoms in total. The van der Waals surface area contributed by atoms with Crippen LogP contribution in [0.25, 0.3) is 5.57 Å². The van der Waals surface area contributed by atoms with Gasteiger partial charge in [-0.05, 0) is 35.4 Å². The summed E-state index contributed by atoms with van der Waals surface area (Å²) in [4.78, 5) is 10.6. The Bertz CT molecular complexity index is 571. The summed E-state index contributed by atoms with van der Waals surface area (Å²) >= 11 is 0. The number of hydrogen-bond donors (Lipinski definition) is 1. The van der Waals surface area contributed by atoms with Gasteiger partial charge in [-0.15, -0.1) is 0 Å². The first-order chi connectivity index (χ1) is 9.15. The highest BCUT2D eigenvalue weighted by Crippen LogP contribution is 2.24. The van der Waals surface area contributed by atoms with Crippen molar-refractivity contribution in [3.63, 3.8) is 0 Å². The molecule has 0 bridgehead atoms. The molecule has 0 heterocycles. The molecule has 0 fully saturated rings. The molecule has 0 saturated carbocycles. The smallest absolute Gasteiger partial charge is 0.307 e. The Balaban J connectivity index is 2.06. The number of carboxylic acid groups (broad SMARTS) is 1. The molecule has 19 heavy (non-hydrogen) atoms. The molecule has 0 atom stereocenters. The summed E-state index contributed by atoms with van der Waals surface area (Å²) < 4.78 is 5.65. The predicted molar refractivity (Wildman–Crippen MR) is 74.2 cm³/mol. The van der Waals surface area contributed by atoms with Gasteiger partial charge in [0.25, 0.3) is 0 Å². The molecular weight excluding hydrogens is 240 g/mol. The molecule has 2 aromatic rings. The monoisotopic (exact) mass is 254 g/mol. The van der Waals surface area contributed by atoms with Crippen molar-refractivity contribution in [3.05, 3.63) is 66.7 Å². The number of rotatable bonds is 5. The normalized spacial score (nSPS) is 9.89. The van der Waals surface area contributed by atoms with Crippen LogP contribution >= 0.6 is 0 Å². The first kappa shape index (κ1) is 12.9. The summed E-state index contributed by atoms with van der Waals surface area (Å²) in [6.45, 7) is 3.76. The second-order valence-electron chi connectivity index (χ2n) is 4.11. The average molecular weight is 254 g/mol. The van der Waals surface area contributed by atoms with Crippen molar-refractivity contribution in [1.29, 1.82) is 0 Å². The molecule has 0 amide bonds. The summed E-state index contributed by atoms with van der Waals surface area (Å²) in [5.74, 6) is 0.590. The first-order valence-corrected chi connectivity index (χ1v) is 5.88. The third-order valence-electron chi connectivity index (χ3n) is 2.61. The number of para-hydroxylation sites is 1.